The van der Waals surface area contributed by atoms with Crippen LogP contribution in [0.15, 0.2) is 18.2 Å². The fraction of sp³-hybridized carbons (Fsp3) is 0.550. The third-order valence-electron chi connectivity index (χ3n) is 4.10. The first-order valence-electron chi connectivity index (χ1n) is 9.54. The summed E-state index contributed by atoms with van der Waals surface area (Å²) < 4.78 is 5.18. The lowest BCUT2D eigenvalue weighted by Crippen LogP contribution is -2.40. The van der Waals surface area contributed by atoms with Crippen LogP contribution in [0.2, 0.25) is 0 Å². The highest BCUT2D eigenvalue weighted by Gasteiger charge is 2.25. The molecule has 0 aromatic heterocycles. The van der Waals surface area contributed by atoms with Crippen LogP contribution >= 0.6 is 0 Å². The third kappa shape index (κ3) is 6.75. The number of rotatable bonds is 9. The fourth-order valence-corrected chi connectivity index (χ4v) is 2.61. The van der Waals surface area contributed by atoms with Gasteiger partial charge in [-0.15, -0.1) is 0 Å². The Balaban J connectivity index is 1.98. The number of hydrogen-bond acceptors (Lipinski definition) is 6. The summed E-state index contributed by atoms with van der Waals surface area (Å²) in [5.41, 5.74) is 1.49. The number of alkyl carbamates (subject to hydrolysis) is 1. The van der Waals surface area contributed by atoms with Gasteiger partial charge in [0.25, 0.3) is 5.91 Å². The van der Waals surface area contributed by atoms with E-state index in [-0.39, 0.29) is 5.91 Å². The van der Waals surface area contributed by atoms with Crippen LogP contribution in [0.1, 0.15) is 50.4 Å². The van der Waals surface area contributed by atoms with Crippen molar-refractivity contribution in [3.8, 4) is 0 Å². The summed E-state index contributed by atoms with van der Waals surface area (Å²) in [6.45, 7) is 5.73. The van der Waals surface area contributed by atoms with Crippen molar-refractivity contribution in [1.82, 2.24) is 10.6 Å². The van der Waals surface area contributed by atoms with Gasteiger partial charge in [0.1, 0.15) is 11.9 Å². The van der Waals surface area contributed by atoms with E-state index in [1.807, 2.05) is 6.07 Å². The zero-order valence-electron chi connectivity index (χ0n) is 16.9. The van der Waals surface area contributed by atoms with Gasteiger partial charge in [0.05, 0.1) is 23.0 Å². The van der Waals surface area contributed by atoms with E-state index in [1.165, 1.54) is 0 Å². The predicted molar refractivity (Wildman–Crippen MR) is 109 cm³/mol. The van der Waals surface area contributed by atoms with Gasteiger partial charge in [0, 0.05) is 19.6 Å². The summed E-state index contributed by atoms with van der Waals surface area (Å²) in [5.74, 6) is -0.163. The van der Waals surface area contributed by atoms with Crippen LogP contribution in [0, 0.1) is 0 Å². The summed E-state index contributed by atoms with van der Waals surface area (Å²) >= 11 is 0. The first kappa shape index (κ1) is 21.5. The highest BCUT2D eigenvalue weighted by molar-refractivity contribution is 6.02. The molecule has 2 rings (SSSR count). The van der Waals surface area contributed by atoms with E-state index in [0.29, 0.717) is 30.9 Å². The Bertz CT molecular complexity index is 711. The largest absolute Gasteiger partial charge is 0.444 e. The van der Waals surface area contributed by atoms with E-state index in [2.05, 4.69) is 21.3 Å². The second-order valence-electron chi connectivity index (χ2n) is 7.83. The quantitative estimate of drug-likeness (QED) is 0.483. The van der Waals surface area contributed by atoms with Gasteiger partial charge in [0.2, 0.25) is 0 Å². The Hall–Kier alpha value is -2.77. The fourth-order valence-electron chi connectivity index (χ4n) is 2.61. The zero-order chi connectivity index (χ0) is 20.7. The molecule has 28 heavy (non-hydrogen) atoms. The van der Waals surface area contributed by atoms with Crippen molar-refractivity contribution in [2.45, 2.75) is 57.7 Å². The molecule has 8 nitrogen and oxygen atoms in total. The van der Waals surface area contributed by atoms with Crippen molar-refractivity contribution < 1.29 is 19.1 Å². The number of amides is 2. The van der Waals surface area contributed by atoms with E-state index < -0.39 is 17.7 Å². The molecule has 1 aromatic rings. The lowest BCUT2D eigenvalue weighted by atomic mass is 10.1. The van der Waals surface area contributed by atoms with Crippen molar-refractivity contribution >= 4 is 29.7 Å². The molecule has 1 unspecified atom stereocenters. The molecule has 2 amide bonds. The number of anilines is 2. The average Bonchev–Trinajstić information content (AvgIpc) is 3.43. The molecule has 1 saturated carbocycles. The van der Waals surface area contributed by atoms with Crippen LogP contribution in [0.4, 0.5) is 16.2 Å². The molecule has 0 saturated heterocycles. The van der Waals surface area contributed by atoms with Gasteiger partial charge in [-0.3, -0.25) is 4.79 Å². The van der Waals surface area contributed by atoms with Crippen LogP contribution < -0.4 is 21.3 Å². The maximum atomic E-state index is 12.2. The second-order valence-corrected chi connectivity index (χ2v) is 7.83. The third-order valence-corrected chi connectivity index (χ3v) is 4.10. The molecule has 1 fully saturated rings. The summed E-state index contributed by atoms with van der Waals surface area (Å²) in [7, 11) is 1.60. The molecular weight excluding hydrogens is 360 g/mol. The zero-order valence-corrected chi connectivity index (χ0v) is 16.9. The van der Waals surface area contributed by atoms with Gasteiger partial charge < -0.3 is 30.8 Å². The summed E-state index contributed by atoms with van der Waals surface area (Å²) in [6.07, 6.45) is 2.61. The molecule has 8 heteroatoms. The minimum absolute atomic E-state index is 0.163. The van der Waals surface area contributed by atoms with E-state index >= 15 is 0 Å². The maximum absolute atomic E-state index is 12.2. The number of para-hydroxylation sites is 1. The Morgan fingerprint density at radius 1 is 1.29 bits per heavy atom. The van der Waals surface area contributed by atoms with Crippen molar-refractivity contribution in [2.75, 3.05) is 24.2 Å². The normalized spacial score (nSPS) is 14.6. The van der Waals surface area contributed by atoms with Gasteiger partial charge in [0.15, 0.2) is 0 Å². The molecule has 154 valence electrons. The topological polar surface area (TPSA) is 109 Å². The molecule has 4 N–H and O–H groups in total. The number of nitrogens with one attached hydrogen (secondary N) is 4. The number of hydrogen-bond donors (Lipinski definition) is 4. The first-order chi connectivity index (χ1) is 13.2. The van der Waals surface area contributed by atoms with Crippen molar-refractivity contribution in [2.24, 2.45) is 0 Å². The standard InChI is InChI=1S/C20H30N4O4/c1-20(2,3)28-19(27)24-14(12-25)10-11-22-16-7-5-6-15(18(26)21-4)17(16)23-13-8-9-13/h5-7,12-14,22-23H,8-11H2,1-4H3,(H,21,26)(H,24,27). The lowest BCUT2D eigenvalue weighted by molar-refractivity contribution is -0.109. The summed E-state index contributed by atoms with van der Waals surface area (Å²) in [4.78, 5) is 35.3. The molecule has 1 aliphatic rings. The molecular formula is C20H30N4O4. The molecule has 0 bridgehead atoms. The summed E-state index contributed by atoms with van der Waals surface area (Å²) in [5, 5.41) is 11.9. The second kappa shape index (κ2) is 9.43. The smallest absolute Gasteiger partial charge is 0.408 e. The van der Waals surface area contributed by atoms with Crippen LogP contribution in [-0.2, 0) is 9.53 Å². The molecule has 0 radical (unpaired) electrons. The monoisotopic (exact) mass is 390 g/mol. The van der Waals surface area contributed by atoms with Gasteiger partial charge >= 0.3 is 6.09 Å². The predicted octanol–water partition coefficient (Wildman–Crippen LogP) is 2.51. The SMILES string of the molecule is CNC(=O)c1cccc(NCCC(C=O)NC(=O)OC(C)(C)C)c1NC1CC1. The van der Waals surface area contributed by atoms with Crippen molar-refractivity contribution in [3.63, 3.8) is 0 Å². The minimum Gasteiger partial charge on any atom is -0.444 e. The first-order valence-corrected chi connectivity index (χ1v) is 9.54. The molecule has 1 aliphatic carbocycles. The minimum atomic E-state index is -0.663. The lowest BCUT2D eigenvalue weighted by Gasteiger charge is -2.22. The van der Waals surface area contributed by atoms with Crippen molar-refractivity contribution in [3.05, 3.63) is 23.8 Å². The van der Waals surface area contributed by atoms with Gasteiger partial charge in [-0.25, -0.2) is 4.79 Å². The Morgan fingerprint density at radius 3 is 2.57 bits per heavy atom. The van der Waals surface area contributed by atoms with E-state index in [0.717, 1.165) is 24.2 Å². The Morgan fingerprint density at radius 2 is 2.00 bits per heavy atom. The molecule has 0 aliphatic heterocycles. The molecule has 0 spiro atoms. The number of carbonyl (C=O) groups excluding carboxylic acids is 3. The number of benzene rings is 1. The van der Waals surface area contributed by atoms with Crippen LogP contribution in [0.25, 0.3) is 0 Å². The highest BCUT2D eigenvalue weighted by atomic mass is 16.6. The molecule has 0 heterocycles. The maximum Gasteiger partial charge on any atom is 0.408 e. The number of ether oxygens (including phenoxy) is 1. The van der Waals surface area contributed by atoms with Gasteiger partial charge in [-0.2, -0.15) is 0 Å². The van der Waals surface area contributed by atoms with Crippen molar-refractivity contribution in [1.29, 1.82) is 0 Å². The average molecular weight is 390 g/mol. The summed E-state index contributed by atoms with van der Waals surface area (Å²) in [6, 6.07) is 5.18. The molecule has 1 aromatic carbocycles. The van der Waals surface area contributed by atoms with E-state index in [4.69, 9.17) is 4.74 Å². The van der Waals surface area contributed by atoms with Gasteiger partial charge in [-0.05, 0) is 52.2 Å². The van der Waals surface area contributed by atoms with E-state index in [1.54, 1.807) is 40.0 Å². The molecule has 1 atom stereocenters. The van der Waals surface area contributed by atoms with Gasteiger partial charge in [-0.1, -0.05) is 6.07 Å². The Labute approximate surface area is 165 Å². The van der Waals surface area contributed by atoms with E-state index in [9.17, 15) is 14.4 Å². The van der Waals surface area contributed by atoms with Crippen LogP contribution in [-0.4, -0.2) is 49.6 Å². The van der Waals surface area contributed by atoms with Crippen LogP contribution in [0.3, 0.4) is 0 Å². The Kier molecular flexibility index (Phi) is 7.25. The highest BCUT2D eigenvalue weighted by Crippen LogP contribution is 2.32. The van der Waals surface area contributed by atoms with Crippen LogP contribution in [0.5, 0.6) is 0 Å². The number of carbonyl (C=O) groups is 3. The number of aldehydes is 1.